The minimum absolute atomic E-state index is 0.0763. The Morgan fingerprint density at radius 3 is 2.96 bits per heavy atom. The van der Waals surface area contributed by atoms with Gasteiger partial charge >= 0.3 is 0 Å². The lowest BCUT2D eigenvalue weighted by Crippen LogP contribution is -2.42. The normalized spacial score (nSPS) is 16.7. The van der Waals surface area contributed by atoms with Crippen LogP contribution in [0.5, 0.6) is 5.88 Å². The van der Waals surface area contributed by atoms with E-state index in [1.54, 1.807) is 6.07 Å². The predicted octanol–water partition coefficient (Wildman–Crippen LogP) is 0.291. The van der Waals surface area contributed by atoms with Crippen molar-refractivity contribution in [3.8, 4) is 11.9 Å². The SMILES string of the molecule is COc1nnc(Nc2cnc(C#N)cn2)cc1NCC1CNCCO1. The quantitative estimate of drug-likeness (QED) is 0.673. The molecular formula is C15H18N8O2. The van der Waals surface area contributed by atoms with Gasteiger partial charge < -0.3 is 25.4 Å². The molecule has 1 aliphatic rings. The lowest BCUT2D eigenvalue weighted by atomic mass is 10.3. The van der Waals surface area contributed by atoms with Gasteiger partial charge in [0.2, 0.25) is 0 Å². The molecule has 0 aromatic carbocycles. The van der Waals surface area contributed by atoms with Crippen molar-refractivity contribution in [2.75, 3.05) is 44.0 Å². The summed E-state index contributed by atoms with van der Waals surface area (Å²) in [4.78, 5) is 8.04. The zero-order valence-corrected chi connectivity index (χ0v) is 13.7. The van der Waals surface area contributed by atoms with E-state index in [0.29, 0.717) is 36.4 Å². The maximum absolute atomic E-state index is 8.75. The van der Waals surface area contributed by atoms with Crippen LogP contribution in [0.2, 0.25) is 0 Å². The summed E-state index contributed by atoms with van der Waals surface area (Å²) in [6.45, 7) is 2.98. The number of nitrogens with one attached hydrogen (secondary N) is 3. The van der Waals surface area contributed by atoms with Crippen molar-refractivity contribution in [1.82, 2.24) is 25.5 Å². The number of ether oxygens (including phenoxy) is 2. The predicted molar refractivity (Wildman–Crippen MR) is 89.7 cm³/mol. The van der Waals surface area contributed by atoms with E-state index in [9.17, 15) is 0 Å². The van der Waals surface area contributed by atoms with Gasteiger partial charge in [-0.05, 0) is 0 Å². The van der Waals surface area contributed by atoms with Gasteiger partial charge in [-0.2, -0.15) is 5.26 Å². The Labute approximate surface area is 144 Å². The summed E-state index contributed by atoms with van der Waals surface area (Å²) in [6, 6.07) is 3.68. The van der Waals surface area contributed by atoms with Gasteiger partial charge in [0.05, 0.1) is 32.2 Å². The lowest BCUT2D eigenvalue weighted by molar-refractivity contribution is 0.0372. The summed E-state index contributed by atoms with van der Waals surface area (Å²) >= 11 is 0. The molecule has 0 spiro atoms. The van der Waals surface area contributed by atoms with Crippen LogP contribution < -0.4 is 20.7 Å². The maximum Gasteiger partial charge on any atom is 0.256 e. The third-order valence-corrected chi connectivity index (χ3v) is 3.50. The summed E-state index contributed by atoms with van der Waals surface area (Å²) in [7, 11) is 1.53. The number of morpholine rings is 1. The minimum atomic E-state index is 0.0763. The average Bonchev–Trinajstić information content (AvgIpc) is 2.68. The molecule has 2 aromatic rings. The van der Waals surface area contributed by atoms with E-state index < -0.39 is 0 Å². The maximum atomic E-state index is 8.75. The molecule has 25 heavy (non-hydrogen) atoms. The fourth-order valence-electron chi connectivity index (χ4n) is 2.28. The number of hydrogen-bond donors (Lipinski definition) is 3. The second kappa shape index (κ2) is 8.18. The molecular weight excluding hydrogens is 324 g/mol. The average molecular weight is 342 g/mol. The van der Waals surface area contributed by atoms with E-state index in [0.717, 1.165) is 13.1 Å². The first-order chi connectivity index (χ1) is 12.3. The molecule has 1 atom stereocenters. The molecule has 130 valence electrons. The first-order valence-electron chi connectivity index (χ1n) is 7.75. The van der Waals surface area contributed by atoms with Crippen molar-refractivity contribution in [2.45, 2.75) is 6.10 Å². The molecule has 0 saturated carbocycles. The van der Waals surface area contributed by atoms with Crippen LogP contribution in [0.25, 0.3) is 0 Å². The second-order valence-corrected chi connectivity index (χ2v) is 5.25. The van der Waals surface area contributed by atoms with Gasteiger partial charge in [0.15, 0.2) is 11.5 Å². The summed E-state index contributed by atoms with van der Waals surface area (Å²) in [5.74, 6) is 1.33. The highest BCUT2D eigenvalue weighted by Crippen LogP contribution is 2.24. The summed E-state index contributed by atoms with van der Waals surface area (Å²) < 4.78 is 10.9. The molecule has 0 radical (unpaired) electrons. The van der Waals surface area contributed by atoms with Crippen molar-refractivity contribution >= 4 is 17.3 Å². The Kier molecular flexibility index (Phi) is 5.50. The highest BCUT2D eigenvalue weighted by Gasteiger charge is 2.15. The third-order valence-electron chi connectivity index (χ3n) is 3.50. The molecule has 2 aromatic heterocycles. The summed E-state index contributed by atoms with van der Waals surface area (Å²) in [5.41, 5.74) is 0.936. The second-order valence-electron chi connectivity index (χ2n) is 5.25. The Hall–Kier alpha value is -3.03. The topological polar surface area (TPSA) is 130 Å². The van der Waals surface area contributed by atoms with Crippen LogP contribution in [-0.2, 0) is 4.74 Å². The van der Waals surface area contributed by atoms with E-state index in [1.807, 2.05) is 6.07 Å². The van der Waals surface area contributed by atoms with Crippen LogP contribution in [0.4, 0.5) is 17.3 Å². The lowest BCUT2D eigenvalue weighted by Gasteiger charge is -2.24. The molecule has 10 nitrogen and oxygen atoms in total. The molecule has 3 heterocycles. The molecule has 3 N–H and O–H groups in total. The number of anilines is 3. The monoisotopic (exact) mass is 342 g/mol. The zero-order valence-electron chi connectivity index (χ0n) is 13.7. The van der Waals surface area contributed by atoms with Crippen molar-refractivity contribution < 1.29 is 9.47 Å². The fourth-order valence-corrected chi connectivity index (χ4v) is 2.28. The van der Waals surface area contributed by atoms with E-state index in [1.165, 1.54) is 19.5 Å². The van der Waals surface area contributed by atoms with Gasteiger partial charge in [0.1, 0.15) is 17.6 Å². The van der Waals surface area contributed by atoms with Gasteiger partial charge in [0, 0.05) is 25.7 Å². The van der Waals surface area contributed by atoms with E-state index in [2.05, 4.69) is 36.1 Å². The van der Waals surface area contributed by atoms with Crippen LogP contribution in [0.15, 0.2) is 18.5 Å². The molecule has 3 rings (SSSR count). The molecule has 1 aliphatic heterocycles. The molecule has 1 unspecified atom stereocenters. The van der Waals surface area contributed by atoms with Gasteiger partial charge in [0.25, 0.3) is 5.88 Å². The molecule has 0 aliphatic carbocycles. The first kappa shape index (κ1) is 16.8. The van der Waals surface area contributed by atoms with Crippen LogP contribution in [0, 0.1) is 11.3 Å². The molecule has 10 heteroatoms. The number of nitrogens with zero attached hydrogens (tertiary/aromatic N) is 5. The Morgan fingerprint density at radius 1 is 1.36 bits per heavy atom. The molecule has 0 amide bonds. The van der Waals surface area contributed by atoms with Gasteiger partial charge in [-0.15, -0.1) is 10.2 Å². The van der Waals surface area contributed by atoms with Crippen LogP contribution in [-0.4, -0.2) is 59.6 Å². The standard InChI is InChI=1S/C15H18N8O2/c1-24-15-12(19-8-11-7-17-2-3-25-11)4-13(22-23-15)21-14-9-18-10(5-16)6-20-14/h4,6,9,11,17H,2-3,7-8H2,1H3,(H2,19,20,21,22). The highest BCUT2D eigenvalue weighted by atomic mass is 16.5. The van der Waals surface area contributed by atoms with Crippen molar-refractivity contribution in [3.05, 3.63) is 24.2 Å². The summed E-state index contributed by atoms with van der Waals surface area (Å²) in [6.07, 6.45) is 2.91. The Bertz CT molecular complexity index is 740. The molecule has 1 fully saturated rings. The van der Waals surface area contributed by atoms with Crippen molar-refractivity contribution in [1.29, 1.82) is 5.26 Å². The third kappa shape index (κ3) is 4.50. The van der Waals surface area contributed by atoms with Crippen molar-refractivity contribution in [3.63, 3.8) is 0 Å². The minimum Gasteiger partial charge on any atom is -0.478 e. The molecule has 0 bridgehead atoms. The largest absolute Gasteiger partial charge is 0.478 e. The van der Waals surface area contributed by atoms with E-state index >= 15 is 0 Å². The van der Waals surface area contributed by atoms with E-state index in [-0.39, 0.29) is 11.8 Å². The summed E-state index contributed by atoms with van der Waals surface area (Å²) in [5, 5.41) is 26.4. The van der Waals surface area contributed by atoms with Gasteiger partial charge in [-0.3, -0.25) is 0 Å². The number of rotatable bonds is 6. The first-order valence-corrected chi connectivity index (χ1v) is 7.75. The van der Waals surface area contributed by atoms with Crippen molar-refractivity contribution in [2.24, 2.45) is 0 Å². The van der Waals surface area contributed by atoms with E-state index in [4.69, 9.17) is 14.7 Å². The highest BCUT2D eigenvalue weighted by molar-refractivity contribution is 5.61. The smallest absolute Gasteiger partial charge is 0.256 e. The number of methoxy groups -OCH3 is 1. The number of aromatic nitrogens is 4. The molecule has 1 saturated heterocycles. The number of hydrogen-bond acceptors (Lipinski definition) is 10. The zero-order chi connectivity index (χ0) is 17.5. The fraction of sp³-hybridized carbons (Fsp3) is 0.400. The number of nitriles is 1. The van der Waals surface area contributed by atoms with Crippen LogP contribution >= 0.6 is 0 Å². The van der Waals surface area contributed by atoms with Gasteiger partial charge in [-0.25, -0.2) is 9.97 Å². The Balaban J connectivity index is 1.68. The Morgan fingerprint density at radius 2 is 2.28 bits per heavy atom. The van der Waals surface area contributed by atoms with Crippen LogP contribution in [0.1, 0.15) is 5.69 Å². The van der Waals surface area contributed by atoms with Gasteiger partial charge in [-0.1, -0.05) is 0 Å². The van der Waals surface area contributed by atoms with Crippen LogP contribution in [0.3, 0.4) is 0 Å².